The second kappa shape index (κ2) is 5.63. The molecular weight excluding hydrogens is 256 g/mol. The van der Waals surface area contributed by atoms with Crippen molar-refractivity contribution in [2.45, 2.75) is 38.5 Å². The summed E-state index contributed by atoms with van der Waals surface area (Å²) in [6.45, 7) is 5.20. The van der Waals surface area contributed by atoms with Crippen LogP contribution in [-0.4, -0.2) is 19.7 Å². The van der Waals surface area contributed by atoms with Crippen LogP contribution in [0.5, 0.6) is 0 Å². The van der Waals surface area contributed by atoms with Crippen LogP contribution in [-0.2, 0) is 16.4 Å². The monoisotopic (exact) mass is 272 g/mol. The Bertz CT molecular complexity index is 514. The van der Waals surface area contributed by atoms with E-state index in [9.17, 15) is 8.42 Å². The summed E-state index contributed by atoms with van der Waals surface area (Å²) in [5.74, 6) is 0. The second-order valence-corrected chi connectivity index (χ2v) is 7.46. The zero-order valence-electron chi connectivity index (χ0n) is 10.1. The van der Waals surface area contributed by atoms with E-state index in [0.29, 0.717) is 6.42 Å². The van der Waals surface area contributed by atoms with Gasteiger partial charge in [0.1, 0.15) is 0 Å². The molecule has 0 spiro atoms. The number of thiophene rings is 1. The minimum absolute atomic E-state index is 0.200. The summed E-state index contributed by atoms with van der Waals surface area (Å²) in [5, 5.41) is 7.59. The molecule has 0 bridgehead atoms. The number of nitriles is 1. The van der Waals surface area contributed by atoms with Crippen LogP contribution in [0.4, 0.5) is 0 Å². The maximum Gasteiger partial charge on any atom is 0.227 e. The molecule has 1 N–H and O–H groups in total. The summed E-state index contributed by atoms with van der Waals surface area (Å²) in [5.41, 5.74) is 0. The van der Waals surface area contributed by atoms with Gasteiger partial charge in [-0.1, -0.05) is 0 Å². The van der Waals surface area contributed by atoms with Crippen molar-refractivity contribution in [3.8, 4) is 6.07 Å². The van der Waals surface area contributed by atoms with Gasteiger partial charge in [-0.3, -0.25) is 0 Å². The lowest BCUT2D eigenvalue weighted by Gasteiger charge is -2.14. The first-order valence-electron chi connectivity index (χ1n) is 5.31. The summed E-state index contributed by atoms with van der Waals surface area (Å²) in [4.78, 5) is 2.35. The van der Waals surface area contributed by atoms with Crippen molar-refractivity contribution < 1.29 is 8.42 Å². The van der Waals surface area contributed by atoms with Gasteiger partial charge < -0.3 is 0 Å². The van der Waals surface area contributed by atoms with E-state index in [2.05, 4.69) is 4.72 Å². The number of hydrogen-bond donors (Lipinski definition) is 1. The van der Waals surface area contributed by atoms with Crippen LogP contribution in [0, 0.1) is 18.3 Å². The molecule has 0 aliphatic rings. The fraction of sp³-hybridized carbons (Fsp3) is 0.545. The Labute approximate surface area is 106 Å². The third-order valence-corrected chi connectivity index (χ3v) is 5.11. The molecule has 94 valence electrons. The molecular formula is C11H16N2O2S2. The molecule has 4 nitrogen and oxygen atoms in total. The predicted octanol–water partition coefficient (Wildman–Crippen LogP) is 1.82. The van der Waals surface area contributed by atoms with Crippen LogP contribution >= 0.6 is 11.3 Å². The highest BCUT2D eigenvalue weighted by Gasteiger charge is 2.22. The Morgan fingerprint density at radius 3 is 2.59 bits per heavy atom. The molecule has 0 aromatic carbocycles. The molecule has 6 heteroatoms. The van der Waals surface area contributed by atoms with Crippen molar-refractivity contribution in [2.24, 2.45) is 0 Å². The van der Waals surface area contributed by atoms with Crippen LogP contribution in [0.1, 0.15) is 23.6 Å². The number of aryl methyl sites for hydroxylation is 1. The molecule has 0 saturated heterocycles. The molecule has 0 amide bonds. The zero-order valence-corrected chi connectivity index (χ0v) is 11.7. The highest BCUT2D eigenvalue weighted by molar-refractivity contribution is 7.90. The summed E-state index contributed by atoms with van der Waals surface area (Å²) < 4.78 is 25.8. The predicted molar refractivity (Wildman–Crippen MR) is 69.4 cm³/mol. The molecule has 2 unspecified atom stereocenters. The van der Waals surface area contributed by atoms with E-state index in [-0.39, 0.29) is 6.04 Å². The topological polar surface area (TPSA) is 70.0 Å². The quantitative estimate of drug-likeness (QED) is 0.889. The van der Waals surface area contributed by atoms with Gasteiger partial charge in [0.25, 0.3) is 0 Å². The van der Waals surface area contributed by atoms with Gasteiger partial charge in [0.05, 0.1) is 6.07 Å². The number of hydrogen-bond acceptors (Lipinski definition) is 4. The van der Waals surface area contributed by atoms with Crippen molar-refractivity contribution in [3.63, 3.8) is 0 Å². The average Bonchev–Trinajstić information content (AvgIpc) is 2.61. The van der Waals surface area contributed by atoms with E-state index in [4.69, 9.17) is 5.26 Å². The van der Waals surface area contributed by atoms with Crippen molar-refractivity contribution >= 4 is 21.4 Å². The second-order valence-electron chi connectivity index (χ2n) is 4.05. The normalized spacial score (nSPS) is 15.2. The molecule has 1 rings (SSSR count). The lowest BCUT2D eigenvalue weighted by molar-refractivity contribution is 0.556. The Hall–Kier alpha value is -0.900. The molecule has 1 heterocycles. The van der Waals surface area contributed by atoms with E-state index in [1.54, 1.807) is 24.3 Å². The minimum Gasteiger partial charge on any atom is -0.211 e. The molecule has 1 aromatic rings. The van der Waals surface area contributed by atoms with Crippen LogP contribution in [0.2, 0.25) is 0 Å². The van der Waals surface area contributed by atoms with Gasteiger partial charge in [0.2, 0.25) is 10.0 Å². The molecule has 0 fully saturated rings. The largest absolute Gasteiger partial charge is 0.227 e. The van der Waals surface area contributed by atoms with Crippen LogP contribution in [0.25, 0.3) is 0 Å². The zero-order chi connectivity index (χ0) is 13.1. The Kier molecular flexibility index (Phi) is 4.69. The van der Waals surface area contributed by atoms with E-state index >= 15 is 0 Å². The Morgan fingerprint density at radius 1 is 1.47 bits per heavy atom. The van der Waals surface area contributed by atoms with E-state index in [1.807, 2.05) is 19.1 Å². The fourth-order valence-corrected chi connectivity index (χ4v) is 3.40. The standard InChI is InChI=1S/C11H16N2O2S2/c1-8(6-11-5-4-9(2)16-11)13-17(14,15)10(3)7-12/h4-5,8,10,13H,6H2,1-3H3. The maximum atomic E-state index is 11.6. The first-order valence-corrected chi connectivity index (χ1v) is 7.67. The van der Waals surface area contributed by atoms with Crippen molar-refractivity contribution in [1.29, 1.82) is 5.26 Å². The smallest absolute Gasteiger partial charge is 0.211 e. The molecule has 1 aromatic heterocycles. The van der Waals surface area contributed by atoms with Gasteiger partial charge in [0, 0.05) is 15.8 Å². The lowest BCUT2D eigenvalue weighted by atomic mass is 10.2. The highest BCUT2D eigenvalue weighted by atomic mass is 32.2. The van der Waals surface area contributed by atoms with E-state index in [1.165, 1.54) is 11.8 Å². The summed E-state index contributed by atoms with van der Waals surface area (Å²) in [7, 11) is -3.53. The van der Waals surface area contributed by atoms with Gasteiger partial charge in [-0.2, -0.15) is 5.26 Å². The van der Waals surface area contributed by atoms with Gasteiger partial charge >= 0.3 is 0 Å². The molecule has 0 saturated carbocycles. The maximum absolute atomic E-state index is 11.6. The number of sulfonamides is 1. The Balaban J connectivity index is 2.62. The van der Waals surface area contributed by atoms with Crippen LogP contribution in [0.15, 0.2) is 12.1 Å². The van der Waals surface area contributed by atoms with Crippen LogP contribution < -0.4 is 4.72 Å². The number of nitrogens with zero attached hydrogens (tertiary/aromatic N) is 1. The number of nitrogens with one attached hydrogen (secondary N) is 1. The average molecular weight is 272 g/mol. The summed E-state index contributed by atoms with van der Waals surface area (Å²) >= 11 is 1.66. The van der Waals surface area contributed by atoms with Gasteiger partial charge in [0.15, 0.2) is 5.25 Å². The van der Waals surface area contributed by atoms with Crippen molar-refractivity contribution in [1.82, 2.24) is 4.72 Å². The van der Waals surface area contributed by atoms with E-state index < -0.39 is 15.3 Å². The van der Waals surface area contributed by atoms with Gasteiger partial charge in [-0.05, 0) is 39.3 Å². The summed E-state index contributed by atoms with van der Waals surface area (Å²) in [6, 6.07) is 5.54. The molecule has 17 heavy (non-hydrogen) atoms. The molecule has 0 radical (unpaired) electrons. The van der Waals surface area contributed by atoms with Crippen LogP contribution in [0.3, 0.4) is 0 Å². The van der Waals surface area contributed by atoms with E-state index in [0.717, 1.165) is 4.88 Å². The third kappa shape index (κ3) is 4.11. The fourth-order valence-electron chi connectivity index (χ4n) is 1.39. The molecule has 0 aliphatic carbocycles. The Morgan fingerprint density at radius 2 is 2.12 bits per heavy atom. The van der Waals surface area contributed by atoms with Crippen molar-refractivity contribution in [3.05, 3.63) is 21.9 Å². The third-order valence-electron chi connectivity index (χ3n) is 2.32. The molecule has 0 aliphatic heterocycles. The lowest BCUT2D eigenvalue weighted by Crippen LogP contribution is -2.38. The summed E-state index contributed by atoms with van der Waals surface area (Å²) in [6.07, 6.45) is 0.649. The highest BCUT2D eigenvalue weighted by Crippen LogP contribution is 2.17. The van der Waals surface area contributed by atoms with Gasteiger partial charge in [-0.25, -0.2) is 13.1 Å². The first-order chi connectivity index (χ1) is 7.85. The first kappa shape index (κ1) is 14.2. The van der Waals surface area contributed by atoms with Crippen molar-refractivity contribution in [2.75, 3.05) is 0 Å². The minimum atomic E-state index is -3.53. The number of rotatable bonds is 5. The molecule has 2 atom stereocenters. The SMILES string of the molecule is Cc1ccc(CC(C)NS(=O)(=O)C(C)C#N)s1. The van der Waals surface area contributed by atoms with Gasteiger partial charge in [-0.15, -0.1) is 11.3 Å².